The molecule has 0 saturated heterocycles. The van der Waals surface area contributed by atoms with Gasteiger partial charge in [0.15, 0.2) is 0 Å². The van der Waals surface area contributed by atoms with Gasteiger partial charge in [0.1, 0.15) is 6.23 Å². The van der Waals surface area contributed by atoms with Crippen molar-refractivity contribution in [3.05, 3.63) is 0 Å². The van der Waals surface area contributed by atoms with E-state index in [1.165, 1.54) is 14.2 Å². The van der Waals surface area contributed by atoms with Crippen LogP contribution in [0.15, 0.2) is 0 Å². The first kappa shape index (κ1) is 8.23. The van der Waals surface area contributed by atoms with E-state index < -0.39 is 6.09 Å². The summed E-state index contributed by atoms with van der Waals surface area (Å²) in [5, 5.41) is 8.33. The number of methoxy groups -OCH3 is 1. The fraction of sp³-hybridized carbons (Fsp3) is 0.800. The number of nitrogens with zero attached hydrogens (tertiary/aromatic N) is 1. The molecule has 0 aromatic heterocycles. The molecule has 1 unspecified atom stereocenters. The van der Waals surface area contributed by atoms with E-state index >= 15 is 0 Å². The topological polar surface area (TPSA) is 49.8 Å². The maximum atomic E-state index is 10.1. The van der Waals surface area contributed by atoms with Gasteiger partial charge in [-0.15, -0.1) is 0 Å². The van der Waals surface area contributed by atoms with E-state index in [0.29, 0.717) is 0 Å². The molecule has 54 valence electrons. The molecule has 0 aliphatic carbocycles. The second-order valence-electron chi connectivity index (χ2n) is 1.73. The number of amides is 1. The van der Waals surface area contributed by atoms with E-state index in [4.69, 9.17) is 9.84 Å². The van der Waals surface area contributed by atoms with Crippen LogP contribution in [0.1, 0.15) is 6.92 Å². The molecule has 0 radical (unpaired) electrons. The Morgan fingerprint density at radius 3 is 2.33 bits per heavy atom. The average molecular weight is 133 g/mol. The molecule has 0 aliphatic rings. The Kier molecular flexibility index (Phi) is 3.01. The van der Waals surface area contributed by atoms with Gasteiger partial charge in [-0.25, -0.2) is 4.79 Å². The second kappa shape index (κ2) is 3.29. The van der Waals surface area contributed by atoms with Crippen LogP contribution in [0.5, 0.6) is 0 Å². The quantitative estimate of drug-likeness (QED) is 0.561. The maximum absolute atomic E-state index is 10.1. The molecular weight excluding hydrogens is 122 g/mol. The summed E-state index contributed by atoms with van der Waals surface area (Å²) in [7, 11) is 2.92. The third kappa shape index (κ3) is 2.32. The summed E-state index contributed by atoms with van der Waals surface area (Å²) >= 11 is 0. The van der Waals surface area contributed by atoms with E-state index in [1.54, 1.807) is 6.92 Å². The van der Waals surface area contributed by atoms with Crippen molar-refractivity contribution >= 4 is 6.09 Å². The summed E-state index contributed by atoms with van der Waals surface area (Å²) in [6.45, 7) is 1.66. The summed E-state index contributed by atoms with van der Waals surface area (Å²) < 4.78 is 4.72. The highest BCUT2D eigenvalue weighted by atomic mass is 16.5. The number of carbonyl (C=O) groups is 1. The molecule has 0 bridgehead atoms. The van der Waals surface area contributed by atoms with Crippen LogP contribution in [-0.4, -0.2) is 36.5 Å². The molecule has 0 saturated carbocycles. The Labute approximate surface area is 54.0 Å². The minimum absolute atomic E-state index is 0.373. The van der Waals surface area contributed by atoms with Crippen molar-refractivity contribution in [2.45, 2.75) is 13.2 Å². The highest BCUT2D eigenvalue weighted by Gasteiger charge is 2.11. The molecule has 1 atom stereocenters. The van der Waals surface area contributed by atoms with Crippen LogP contribution in [0, 0.1) is 0 Å². The van der Waals surface area contributed by atoms with Crippen LogP contribution in [-0.2, 0) is 4.74 Å². The van der Waals surface area contributed by atoms with Crippen LogP contribution < -0.4 is 0 Å². The Bertz CT molecular complexity index is 104. The third-order valence-corrected chi connectivity index (χ3v) is 1.19. The second-order valence-corrected chi connectivity index (χ2v) is 1.73. The fourth-order valence-electron chi connectivity index (χ4n) is 0.314. The average Bonchev–Trinajstić information content (AvgIpc) is 1.84. The number of carboxylic acid groups (broad SMARTS) is 1. The largest absolute Gasteiger partial charge is 0.465 e. The highest BCUT2D eigenvalue weighted by Crippen LogP contribution is 1.94. The van der Waals surface area contributed by atoms with Gasteiger partial charge >= 0.3 is 6.09 Å². The molecule has 1 N–H and O–H groups in total. The Morgan fingerprint density at radius 2 is 2.22 bits per heavy atom. The van der Waals surface area contributed by atoms with Crippen LogP contribution in [0.3, 0.4) is 0 Å². The molecule has 0 rings (SSSR count). The molecule has 0 fully saturated rings. The van der Waals surface area contributed by atoms with Gasteiger partial charge in [-0.05, 0) is 6.92 Å². The minimum Gasteiger partial charge on any atom is -0.465 e. The van der Waals surface area contributed by atoms with Gasteiger partial charge in [-0.1, -0.05) is 0 Å². The normalized spacial score (nSPS) is 12.8. The Hall–Kier alpha value is -0.770. The first-order valence-electron chi connectivity index (χ1n) is 2.58. The smallest absolute Gasteiger partial charge is 0.409 e. The lowest BCUT2D eigenvalue weighted by atomic mass is 10.6. The molecule has 0 heterocycles. The molecule has 9 heavy (non-hydrogen) atoms. The van der Waals surface area contributed by atoms with Gasteiger partial charge in [0.25, 0.3) is 0 Å². The van der Waals surface area contributed by atoms with Crippen LogP contribution >= 0.6 is 0 Å². The van der Waals surface area contributed by atoms with Crippen molar-refractivity contribution < 1.29 is 14.6 Å². The SMILES string of the molecule is COC(C)N(C)C(=O)O. The lowest BCUT2D eigenvalue weighted by Gasteiger charge is -2.19. The summed E-state index contributed by atoms with van der Waals surface area (Å²) in [4.78, 5) is 11.2. The zero-order valence-electron chi connectivity index (χ0n) is 5.79. The maximum Gasteiger partial charge on any atom is 0.409 e. The first-order valence-corrected chi connectivity index (χ1v) is 2.58. The predicted molar refractivity (Wildman–Crippen MR) is 32.3 cm³/mol. The van der Waals surface area contributed by atoms with Gasteiger partial charge in [0.2, 0.25) is 0 Å². The van der Waals surface area contributed by atoms with Crippen LogP contribution in [0.2, 0.25) is 0 Å². The van der Waals surface area contributed by atoms with Crippen molar-refractivity contribution in [3.8, 4) is 0 Å². The van der Waals surface area contributed by atoms with Crippen molar-refractivity contribution in [1.29, 1.82) is 0 Å². The highest BCUT2D eigenvalue weighted by molar-refractivity contribution is 5.64. The third-order valence-electron chi connectivity index (χ3n) is 1.19. The monoisotopic (exact) mass is 133 g/mol. The molecule has 0 spiro atoms. The van der Waals surface area contributed by atoms with Crippen molar-refractivity contribution in [1.82, 2.24) is 4.90 Å². The zero-order valence-corrected chi connectivity index (χ0v) is 5.79. The summed E-state index contributed by atoms with van der Waals surface area (Å²) in [6.07, 6.45) is -1.35. The lowest BCUT2D eigenvalue weighted by molar-refractivity contribution is 0.00468. The zero-order chi connectivity index (χ0) is 7.44. The molecule has 4 heteroatoms. The van der Waals surface area contributed by atoms with Gasteiger partial charge in [-0.3, -0.25) is 4.90 Å². The molecule has 0 aromatic carbocycles. The molecule has 0 aromatic rings. The van der Waals surface area contributed by atoms with Crippen LogP contribution in [0.25, 0.3) is 0 Å². The first-order chi connectivity index (χ1) is 4.09. The lowest BCUT2D eigenvalue weighted by Crippen LogP contribution is -2.34. The van der Waals surface area contributed by atoms with Gasteiger partial charge < -0.3 is 9.84 Å². The number of hydrogen-bond acceptors (Lipinski definition) is 2. The molecule has 4 nitrogen and oxygen atoms in total. The van der Waals surface area contributed by atoms with Gasteiger partial charge in [0, 0.05) is 14.2 Å². The Morgan fingerprint density at radius 1 is 1.78 bits per heavy atom. The summed E-state index contributed by atoms with van der Waals surface area (Å²) in [5.41, 5.74) is 0. The fourth-order valence-corrected chi connectivity index (χ4v) is 0.314. The summed E-state index contributed by atoms with van der Waals surface area (Å²) in [5.74, 6) is 0. The van der Waals surface area contributed by atoms with Crippen molar-refractivity contribution in [2.75, 3.05) is 14.2 Å². The molecule has 1 amide bonds. The van der Waals surface area contributed by atoms with Crippen molar-refractivity contribution in [3.63, 3.8) is 0 Å². The number of ether oxygens (including phenoxy) is 1. The van der Waals surface area contributed by atoms with E-state index in [9.17, 15) is 4.79 Å². The van der Waals surface area contributed by atoms with Crippen molar-refractivity contribution in [2.24, 2.45) is 0 Å². The molecular formula is C5H11NO3. The number of rotatable bonds is 2. The molecule has 0 aliphatic heterocycles. The Balaban J connectivity index is 3.72. The van der Waals surface area contributed by atoms with Gasteiger partial charge in [0.05, 0.1) is 0 Å². The number of hydrogen-bond donors (Lipinski definition) is 1. The van der Waals surface area contributed by atoms with E-state index in [0.717, 1.165) is 4.90 Å². The van der Waals surface area contributed by atoms with Crippen LogP contribution in [0.4, 0.5) is 4.79 Å². The van der Waals surface area contributed by atoms with E-state index in [2.05, 4.69) is 0 Å². The predicted octanol–water partition coefficient (Wildman–Crippen LogP) is 0.589. The van der Waals surface area contributed by atoms with E-state index in [1.807, 2.05) is 0 Å². The van der Waals surface area contributed by atoms with Gasteiger partial charge in [-0.2, -0.15) is 0 Å². The summed E-state index contributed by atoms with van der Waals surface area (Å²) in [6, 6.07) is 0. The minimum atomic E-state index is -0.982. The van der Waals surface area contributed by atoms with E-state index in [-0.39, 0.29) is 6.23 Å². The standard InChI is InChI=1S/C5H11NO3/c1-4(9-3)6(2)5(7)8/h4H,1-3H3,(H,7,8).